The van der Waals surface area contributed by atoms with Gasteiger partial charge < -0.3 is 9.15 Å². The van der Waals surface area contributed by atoms with Crippen LogP contribution in [0.2, 0.25) is 5.02 Å². The molecule has 25 heavy (non-hydrogen) atoms. The molecule has 0 saturated carbocycles. The lowest BCUT2D eigenvalue weighted by Gasteiger charge is -2.11. The molecule has 0 aliphatic carbocycles. The van der Waals surface area contributed by atoms with Crippen LogP contribution in [0, 0.1) is 12.7 Å². The lowest BCUT2D eigenvalue weighted by atomic mass is 10.1. The lowest BCUT2D eigenvalue weighted by Crippen LogP contribution is -2.07. The van der Waals surface area contributed by atoms with E-state index in [1.165, 1.54) is 18.2 Å². The van der Waals surface area contributed by atoms with Crippen molar-refractivity contribution in [3.63, 3.8) is 0 Å². The summed E-state index contributed by atoms with van der Waals surface area (Å²) < 4.78 is 25.3. The van der Waals surface area contributed by atoms with Crippen LogP contribution in [0.25, 0.3) is 11.3 Å². The minimum absolute atomic E-state index is 0.0660. The highest BCUT2D eigenvalue weighted by atomic mass is 35.5. The van der Waals surface area contributed by atoms with Gasteiger partial charge in [-0.1, -0.05) is 11.6 Å². The van der Waals surface area contributed by atoms with Gasteiger partial charge in [-0.3, -0.25) is 4.79 Å². The second-order valence-corrected chi connectivity index (χ2v) is 6.60. The van der Waals surface area contributed by atoms with E-state index in [4.69, 9.17) is 20.8 Å². The summed E-state index contributed by atoms with van der Waals surface area (Å²) in [5.74, 6) is -0.118. The van der Waals surface area contributed by atoms with Crippen LogP contribution >= 0.6 is 23.4 Å². The monoisotopic (exact) mass is 376 g/mol. The first-order valence-corrected chi connectivity index (χ1v) is 9.00. The van der Waals surface area contributed by atoms with Crippen LogP contribution in [0.1, 0.15) is 5.76 Å². The molecular formula is C19H14ClFO3S. The van der Waals surface area contributed by atoms with Crippen molar-refractivity contribution in [1.29, 1.82) is 0 Å². The summed E-state index contributed by atoms with van der Waals surface area (Å²) in [6, 6.07) is 12.8. The molecule has 0 N–H and O–H groups in total. The van der Waals surface area contributed by atoms with E-state index in [1.54, 1.807) is 18.7 Å². The fraction of sp³-hybridized carbons (Fsp3) is 0.105. The van der Waals surface area contributed by atoms with E-state index in [-0.39, 0.29) is 27.7 Å². The number of ether oxygens (including phenoxy) is 1. The van der Waals surface area contributed by atoms with Crippen LogP contribution in [-0.4, -0.2) is 6.26 Å². The van der Waals surface area contributed by atoms with Gasteiger partial charge in [0.25, 0.3) is 0 Å². The Morgan fingerprint density at radius 2 is 1.84 bits per heavy atom. The molecule has 128 valence electrons. The summed E-state index contributed by atoms with van der Waals surface area (Å²) in [5, 5.41) is 0.244. The first-order chi connectivity index (χ1) is 12.0. The number of aryl methyl sites for hydroxylation is 1. The Morgan fingerprint density at radius 3 is 2.48 bits per heavy atom. The van der Waals surface area contributed by atoms with Crippen molar-refractivity contribution in [2.45, 2.75) is 11.8 Å². The van der Waals surface area contributed by atoms with Crippen molar-refractivity contribution in [3.05, 3.63) is 75.4 Å². The smallest absolute Gasteiger partial charge is 0.228 e. The maximum atomic E-state index is 14.0. The van der Waals surface area contributed by atoms with Gasteiger partial charge in [-0.25, -0.2) is 4.39 Å². The summed E-state index contributed by atoms with van der Waals surface area (Å²) in [6.07, 6.45) is 1.97. The van der Waals surface area contributed by atoms with Gasteiger partial charge in [0.05, 0.1) is 0 Å². The standard InChI is InChI=1S/C19H14ClFO3S/c1-11-9-16(22)19(24-17-8-5-13(20)10-15(17)21)18(23-11)12-3-6-14(25-2)7-4-12/h3-10H,1-2H3. The molecule has 0 unspecified atom stereocenters. The van der Waals surface area contributed by atoms with Crippen LogP contribution in [0.3, 0.4) is 0 Å². The molecule has 2 aromatic carbocycles. The first kappa shape index (κ1) is 17.6. The van der Waals surface area contributed by atoms with Gasteiger partial charge in [-0.05, 0) is 55.6 Å². The second kappa shape index (κ2) is 7.33. The van der Waals surface area contributed by atoms with Crippen molar-refractivity contribution in [3.8, 4) is 22.8 Å². The molecule has 0 spiro atoms. The first-order valence-electron chi connectivity index (χ1n) is 7.40. The lowest BCUT2D eigenvalue weighted by molar-refractivity contribution is 0.415. The maximum Gasteiger partial charge on any atom is 0.228 e. The fourth-order valence-electron chi connectivity index (χ4n) is 2.30. The summed E-state index contributed by atoms with van der Waals surface area (Å²) in [7, 11) is 0. The number of rotatable bonds is 4. The van der Waals surface area contributed by atoms with Crippen molar-refractivity contribution in [1.82, 2.24) is 0 Å². The number of hydrogen-bond donors (Lipinski definition) is 0. The largest absolute Gasteiger partial charge is 0.457 e. The van der Waals surface area contributed by atoms with E-state index in [9.17, 15) is 9.18 Å². The van der Waals surface area contributed by atoms with Gasteiger partial charge in [-0.2, -0.15) is 0 Å². The third-order valence-corrected chi connectivity index (χ3v) is 4.46. The highest BCUT2D eigenvalue weighted by molar-refractivity contribution is 7.98. The highest BCUT2D eigenvalue weighted by Crippen LogP contribution is 2.33. The molecule has 0 aliphatic heterocycles. The van der Waals surface area contributed by atoms with E-state index in [0.717, 1.165) is 11.0 Å². The molecule has 0 bridgehead atoms. The molecule has 6 heteroatoms. The third-order valence-electron chi connectivity index (χ3n) is 3.49. The average Bonchev–Trinajstić information content (AvgIpc) is 2.59. The zero-order chi connectivity index (χ0) is 18.0. The van der Waals surface area contributed by atoms with Crippen LogP contribution in [0.4, 0.5) is 4.39 Å². The summed E-state index contributed by atoms with van der Waals surface area (Å²) in [5.41, 5.74) is 0.282. The Labute approximate surface area is 153 Å². The number of thioether (sulfide) groups is 1. The summed E-state index contributed by atoms with van der Waals surface area (Å²) in [6.45, 7) is 1.67. The Bertz CT molecular complexity index is 967. The predicted octanol–water partition coefficient (Wildman–Crippen LogP) is 5.92. The van der Waals surface area contributed by atoms with E-state index in [2.05, 4.69) is 0 Å². The fourth-order valence-corrected chi connectivity index (χ4v) is 2.86. The van der Waals surface area contributed by atoms with Gasteiger partial charge in [0, 0.05) is 21.5 Å². The molecule has 0 fully saturated rings. The molecule has 0 atom stereocenters. The molecule has 1 heterocycles. The summed E-state index contributed by atoms with van der Waals surface area (Å²) >= 11 is 7.35. The molecule has 3 nitrogen and oxygen atoms in total. The number of benzene rings is 2. The second-order valence-electron chi connectivity index (χ2n) is 5.28. The number of hydrogen-bond acceptors (Lipinski definition) is 4. The van der Waals surface area contributed by atoms with Gasteiger partial charge >= 0.3 is 0 Å². The van der Waals surface area contributed by atoms with Gasteiger partial charge in [-0.15, -0.1) is 11.8 Å². The Kier molecular flexibility index (Phi) is 5.16. The molecule has 0 amide bonds. The van der Waals surface area contributed by atoms with Crippen LogP contribution in [0.15, 0.2) is 62.6 Å². The zero-order valence-electron chi connectivity index (χ0n) is 13.5. The Morgan fingerprint density at radius 1 is 1.12 bits per heavy atom. The van der Waals surface area contributed by atoms with E-state index in [1.807, 2.05) is 30.5 Å². The maximum absolute atomic E-state index is 14.0. The summed E-state index contributed by atoms with van der Waals surface area (Å²) in [4.78, 5) is 13.5. The third kappa shape index (κ3) is 3.89. The quantitative estimate of drug-likeness (QED) is 0.530. The highest BCUT2D eigenvalue weighted by Gasteiger charge is 2.17. The van der Waals surface area contributed by atoms with Gasteiger partial charge in [0.15, 0.2) is 17.3 Å². The molecule has 0 saturated heterocycles. The topological polar surface area (TPSA) is 39.4 Å². The van der Waals surface area contributed by atoms with Crippen molar-refractivity contribution in [2.75, 3.05) is 6.26 Å². The SMILES string of the molecule is CSc1ccc(-c2oc(C)cc(=O)c2Oc2ccc(Cl)cc2F)cc1. The minimum Gasteiger partial charge on any atom is -0.457 e. The van der Waals surface area contributed by atoms with Gasteiger partial charge in [0.2, 0.25) is 11.2 Å². The van der Waals surface area contributed by atoms with Crippen LogP contribution < -0.4 is 10.2 Å². The molecule has 3 rings (SSSR count). The normalized spacial score (nSPS) is 10.7. The van der Waals surface area contributed by atoms with Crippen LogP contribution in [-0.2, 0) is 0 Å². The molecular weight excluding hydrogens is 363 g/mol. The predicted molar refractivity (Wildman–Crippen MR) is 98.4 cm³/mol. The minimum atomic E-state index is -0.656. The van der Waals surface area contributed by atoms with E-state index >= 15 is 0 Å². The molecule has 0 radical (unpaired) electrons. The van der Waals surface area contributed by atoms with E-state index < -0.39 is 5.82 Å². The van der Waals surface area contributed by atoms with Crippen molar-refractivity contribution in [2.24, 2.45) is 0 Å². The van der Waals surface area contributed by atoms with E-state index in [0.29, 0.717) is 11.3 Å². The van der Waals surface area contributed by atoms with Crippen molar-refractivity contribution >= 4 is 23.4 Å². The number of halogens is 2. The molecule has 1 aromatic heterocycles. The Hall–Kier alpha value is -2.24. The average molecular weight is 377 g/mol. The zero-order valence-corrected chi connectivity index (χ0v) is 15.1. The van der Waals surface area contributed by atoms with Crippen molar-refractivity contribution < 1.29 is 13.5 Å². The molecule has 0 aliphatic rings. The molecule has 3 aromatic rings. The Balaban J connectivity index is 2.10. The van der Waals surface area contributed by atoms with Crippen LogP contribution in [0.5, 0.6) is 11.5 Å². The van der Waals surface area contributed by atoms with Gasteiger partial charge in [0.1, 0.15) is 5.76 Å².